The van der Waals surface area contributed by atoms with Crippen molar-refractivity contribution in [3.63, 3.8) is 0 Å². The molecular weight excluding hydrogens is 274 g/mol. The van der Waals surface area contributed by atoms with Crippen molar-refractivity contribution in [2.45, 2.75) is 39.2 Å². The lowest BCUT2D eigenvalue weighted by molar-refractivity contribution is -0.121. The van der Waals surface area contributed by atoms with Gasteiger partial charge in [0.15, 0.2) is 4.96 Å². The Morgan fingerprint density at radius 1 is 1.60 bits per heavy atom. The number of hydrogen-bond donors (Lipinski definition) is 2. The van der Waals surface area contributed by atoms with Crippen molar-refractivity contribution in [2.75, 3.05) is 6.54 Å². The summed E-state index contributed by atoms with van der Waals surface area (Å²) in [5.74, 6) is 0.279. The number of aromatic nitrogens is 2. The fourth-order valence-corrected chi connectivity index (χ4v) is 3.05. The minimum atomic E-state index is -0.863. The summed E-state index contributed by atoms with van der Waals surface area (Å²) in [6, 6.07) is 0. The zero-order chi connectivity index (χ0) is 14.8. The average Bonchev–Trinajstić information content (AvgIpc) is 2.85. The van der Waals surface area contributed by atoms with Crippen LogP contribution in [-0.4, -0.2) is 32.5 Å². The lowest BCUT2D eigenvalue weighted by Crippen LogP contribution is -2.42. The van der Waals surface area contributed by atoms with Crippen LogP contribution < -0.4 is 5.32 Å². The standard InChI is InChI=1S/C14H21N3O2S/c1-10(2)7-14(3,19)9-15-12(18)6-11-8-17-4-5-20-13(17)16-11/h4-5,8,10,19H,6-7,9H2,1-3H3,(H,15,18). The Labute approximate surface area is 122 Å². The van der Waals surface area contributed by atoms with Crippen LogP contribution in [0.5, 0.6) is 0 Å². The van der Waals surface area contributed by atoms with Gasteiger partial charge in [-0.05, 0) is 19.3 Å². The number of hydrogen-bond acceptors (Lipinski definition) is 4. The zero-order valence-electron chi connectivity index (χ0n) is 12.1. The predicted octanol–water partition coefficient (Wildman–Crippen LogP) is 1.85. The van der Waals surface area contributed by atoms with Gasteiger partial charge in [-0.25, -0.2) is 4.98 Å². The van der Waals surface area contributed by atoms with Gasteiger partial charge in [0.1, 0.15) is 0 Å². The molecule has 110 valence electrons. The Bertz CT molecular complexity index is 558. The molecule has 2 aromatic rings. The first-order valence-electron chi connectivity index (χ1n) is 6.76. The number of nitrogens with one attached hydrogen (secondary N) is 1. The molecule has 0 fully saturated rings. The van der Waals surface area contributed by atoms with Crippen LogP contribution in [0.1, 0.15) is 32.9 Å². The molecule has 20 heavy (non-hydrogen) atoms. The van der Waals surface area contributed by atoms with Gasteiger partial charge in [-0.3, -0.25) is 9.20 Å². The lowest BCUT2D eigenvalue weighted by Gasteiger charge is -2.25. The van der Waals surface area contributed by atoms with E-state index in [4.69, 9.17) is 0 Å². The number of carbonyl (C=O) groups is 1. The van der Waals surface area contributed by atoms with Crippen molar-refractivity contribution < 1.29 is 9.90 Å². The van der Waals surface area contributed by atoms with Crippen molar-refractivity contribution in [1.82, 2.24) is 14.7 Å². The third kappa shape index (κ3) is 4.05. The number of imidazole rings is 1. The molecule has 2 N–H and O–H groups in total. The Hall–Kier alpha value is -1.40. The number of nitrogens with zero attached hydrogens (tertiary/aromatic N) is 2. The molecule has 0 aliphatic carbocycles. The first kappa shape index (κ1) is 15.0. The summed E-state index contributed by atoms with van der Waals surface area (Å²) in [5.41, 5.74) is -0.115. The topological polar surface area (TPSA) is 66.6 Å². The Morgan fingerprint density at radius 3 is 3.00 bits per heavy atom. The van der Waals surface area contributed by atoms with Crippen LogP contribution in [0, 0.1) is 5.92 Å². The van der Waals surface area contributed by atoms with Gasteiger partial charge in [-0.15, -0.1) is 11.3 Å². The van der Waals surface area contributed by atoms with E-state index in [1.54, 1.807) is 6.92 Å². The Balaban J connectivity index is 1.85. The Kier molecular flexibility index (Phi) is 4.45. The monoisotopic (exact) mass is 295 g/mol. The van der Waals surface area contributed by atoms with Gasteiger partial charge in [0.2, 0.25) is 5.91 Å². The van der Waals surface area contributed by atoms with Gasteiger partial charge in [0.05, 0.1) is 17.7 Å². The van der Waals surface area contributed by atoms with Crippen LogP contribution in [0.4, 0.5) is 0 Å². The van der Waals surface area contributed by atoms with Crippen LogP contribution in [0.2, 0.25) is 0 Å². The van der Waals surface area contributed by atoms with Crippen LogP contribution in [0.25, 0.3) is 4.96 Å². The van der Waals surface area contributed by atoms with E-state index < -0.39 is 5.60 Å². The average molecular weight is 295 g/mol. The number of rotatable bonds is 6. The van der Waals surface area contributed by atoms with Crippen LogP contribution in [-0.2, 0) is 11.2 Å². The van der Waals surface area contributed by atoms with Crippen molar-refractivity contribution in [2.24, 2.45) is 5.92 Å². The molecule has 1 unspecified atom stereocenters. The zero-order valence-corrected chi connectivity index (χ0v) is 12.9. The SMILES string of the molecule is CC(C)CC(C)(O)CNC(=O)Cc1cn2ccsc2n1. The van der Waals surface area contributed by atoms with E-state index >= 15 is 0 Å². The smallest absolute Gasteiger partial charge is 0.226 e. The second kappa shape index (κ2) is 5.93. The molecular formula is C14H21N3O2S. The van der Waals surface area contributed by atoms with E-state index in [1.807, 2.05) is 36.0 Å². The molecule has 0 radical (unpaired) electrons. The summed E-state index contributed by atoms with van der Waals surface area (Å²) in [5, 5.41) is 14.9. The molecule has 0 aromatic carbocycles. The maximum absolute atomic E-state index is 11.9. The second-order valence-electron chi connectivity index (χ2n) is 5.87. The quantitative estimate of drug-likeness (QED) is 0.854. The predicted molar refractivity (Wildman–Crippen MR) is 79.9 cm³/mol. The minimum Gasteiger partial charge on any atom is -0.388 e. The molecule has 2 aromatic heterocycles. The molecule has 0 spiro atoms. The van der Waals surface area contributed by atoms with Gasteiger partial charge in [-0.1, -0.05) is 13.8 Å². The van der Waals surface area contributed by atoms with Gasteiger partial charge >= 0.3 is 0 Å². The van der Waals surface area contributed by atoms with Gasteiger partial charge in [-0.2, -0.15) is 0 Å². The van der Waals surface area contributed by atoms with Crippen LogP contribution in [0.15, 0.2) is 17.8 Å². The van der Waals surface area contributed by atoms with Crippen molar-refractivity contribution in [1.29, 1.82) is 0 Å². The molecule has 0 saturated heterocycles. The first-order valence-corrected chi connectivity index (χ1v) is 7.64. The summed E-state index contributed by atoms with van der Waals surface area (Å²) in [6.45, 7) is 6.12. The highest BCUT2D eigenvalue weighted by Gasteiger charge is 2.22. The van der Waals surface area contributed by atoms with E-state index in [9.17, 15) is 9.90 Å². The van der Waals surface area contributed by atoms with E-state index in [0.29, 0.717) is 12.3 Å². The highest BCUT2D eigenvalue weighted by atomic mass is 32.1. The maximum Gasteiger partial charge on any atom is 0.226 e. The third-order valence-corrected chi connectivity index (χ3v) is 3.77. The molecule has 6 heteroatoms. The van der Waals surface area contributed by atoms with Crippen molar-refractivity contribution in [3.05, 3.63) is 23.5 Å². The molecule has 1 amide bonds. The van der Waals surface area contributed by atoms with E-state index in [2.05, 4.69) is 10.3 Å². The van der Waals surface area contributed by atoms with E-state index in [-0.39, 0.29) is 18.9 Å². The molecule has 0 aliphatic rings. The second-order valence-corrected chi connectivity index (χ2v) is 6.75. The highest BCUT2D eigenvalue weighted by molar-refractivity contribution is 7.15. The number of carbonyl (C=O) groups excluding carboxylic acids is 1. The van der Waals surface area contributed by atoms with E-state index in [0.717, 1.165) is 10.7 Å². The largest absolute Gasteiger partial charge is 0.388 e. The molecule has 5 nitrogen and oxygen atoms in total. The summed E-state index contributed by atoms with van der Waals surface area (Å²) in [4.78, 5) is 17.1. The Morgan fingerprint density at radius 2 is 2.35 bits per heavy atom. The number of amides is 1. The summed E-state index contributed by atoms with van der Waals surface area (Å²) < 4.78 is 1.90. The fourth-order valence-electron chi connectivity index (χ4n) is 2.33. The molecule has 0 saturated carbocycles. The molecule has 1 atom stereocenters. The maximum atomic E-state index is 11.9. The lowest BCUT2D eigenvalue weighted by atomic mass is 9.94. The van der Waals surface area contributed by atoms with Crippen LogP contribution >= 0.6 is 11.3 Å². The van der Waals surface area contributed by atoms with Crippen molar-refractivity contribution >= 4 is 22.2 Å². The molecule has 0 bridgehead atoms. The molecule has 2 heterocycles. The summed E-state index contributed by atoms with van der Waals surface area (Å²) in [6.07, 6.45) is 4.68. The molecule has 0 aliphatic heterocycles. The normalized spacial score (nSPS) is 14.7. The van der Waals surface area contributed by atoms with E-state index in [1.165, 1.54) is 11.3 Å². The van der Waals surface area contributed by atoms with Crippen molar-refractivity contribution in [3.8, 4) is 0 Å². The first-order chi connectivity index (χ1) is 9.35. The number of aliphatic hydroxyl groups is 1. The summed E-state index contributed by atoms with van der Waals surface area (Å²) >= 11 is 1.54. The fraction of sp³-hybridized carbons (Fsp3) is 0.571. The number of thiazole rings is 1. The third-order valence-electron chi connectivity index (χ3n) is 3.00. The highest BCUT2D eigenvalue weighted by Crippen LogP contribution is 2.15. The van der Waals surface area contributed by atoms with Gasteiger partial charge < -0.3 is 10.4 Å². The minimum absolute atomic E-state index is 0.111. The van der Waals surface area contributed by atoms with Crippen LogP contribution in [0.3, 0.4) is 0 Å². The van der Waals surface area contributed by atoms with Gasteiger partial charge in [0, 0.05) is 24.3 Å². The number of fused-ring (bicyclic) bond motifs is 1. The summed E-state index contributed by atoms with van der Waals surface area (Å²) in [7, 11) is 0. The molecule has 2 rings (SSSR count). The van der Waals surface area contributed by atoms with Gasteiger partial charge in [0.25, 0.3) is 0 Å².